The number of Topliss-reactive ketones (excluding diaryl/α,β-unsaturated/α-hetero) is 1. The van der Waals surface area contributed by atoms with Gasteiger partial charge in [0.2, 0.25) is 0 Å². The summed E-state index contributed by atoms with van der Waals surface area (Å²) in [5.41, 5.74) is 1.26. The topological polar surface area (TPSA) is 79.3 Å². The average molecular weight is 479 g/mol. The smallest absolute Gasteiger partial charge is 0.295 e. The standard InChI is InChI=1S/C28H34N2O5/c1-5-19-35-23-15-11-21(12-16-23)26(31)24-25(20-9-13-22(14-10-20)34-8-4)30(28(33)27(24)32)18-17-29(6-2)7-3/h5,9-16,25,31H,1,6-8,17-19H2,2-4H3. The fraction of sp³-hybridized carbons (Fsp3) is 0.357. The molecule has 35 heavy (non-hydrogen) atoms. The van der Waals surface area contributed by atoms with Gasteiger partial charge in [0.15, 0.2) is 0 Å². The molecule has 1 heterocycles. The van der Waals surface area contributed by atoms with E-state index in [2.05, 4.69) is 25.3 Å². The number of aliphatic hydroxyl groups is 1. The van der Waals surface area contributed by atoms with Crippen molar-refractivity contribution < 1.29 is 24.2 Å². The molecule has 1 saturated heterocycles. The normalized spacial score (nSPS) is 17.1. The molecule has 1 N–H and O–H groups in total. The van der Waals surface area contributed by atoms with Crippen LogP contribution in [0.25, 0.3) is 5.76 Å². The van der Waals surface area contributed by atoms with E-state index in [1.165, 1.54) is 0 Å². The molecule has 0 radical (unpaired) electrons. The van der Waals surface area contributed by atoms with Gasteiger partial charge < -0.3 is 24.4 Å². The average Bonchev–Trinajstić information content (AvgIpc) is 3.13. The number of benzene rings is 2. The minimum Gasteiger partial charge on any atom is -0.507 e. The van der Waals surface area contributed by atoms with Crippen molar-refractivity contribution in [2.24, 2.45) is 0 Å². The second-order valence-corrected chi connectivity index (χ2v) is 8.15. The summed E-state index contributed by atoms with van der Waals surface area (Å²) in [5, 5.41) is 11.2. The molecule has 1 amide bonds. The minimum absolute atomic E-state index is 0.0819. The Labute approximate surface area is 207 Å². The van der Waals surface area contributed by atoms with Gasteiger partial charge in [-0.2, -0.15) is 0 Å². The van der Waals surface area contributed by atoms with Crippen LogP contribution in [0, 0.1) is 0 Å². The minimum atomic E-state index is -0.696. The van der Waals surface area contributed by atoms with Crippen molar-refractivity contribution in [3.05, 3.63) is 77.9 Å². The summed E-state index contributed by atoms with van der Waals surface area (Å²) in [6.07, 6.45) is 1.64. The summed E-state index contributed by atoms with van der Waals surface area (Å²) in [6.45, 7) is 13.2. The van der Waals surface area contributed by atoms with Crippen LogP contribution >= 0.6 is 0 Å². The van der Waals surface area contributed by atoms with E-state index in [-0.39, 0.29) is 11.3 Å². The van der Waals surface area contributed by atoms with Gasteiger partial charge in [-0.1, -0.05) is 38.6 Å². The number of hydrogen-bond acceptors (Lipinski definition) is 6. The van der Waals surface area contributed by atoms with Crippen LogP contribution in [0.5, 0.6) is 11.5 Å². The van der Waals surface area contributed by atoms with Crippen LogP contribution in [0.3, 0.4) is 0 Å². The van der Waals surface area contributed by atoms with Crippen LogP contribution in [-0.4, -0.2) is 66.0 Å². The number of carbonyl (C=O) groups is 2. The third-order valence-corrected chi connectivity index (χ3v) is 6.09. The number of likely N-dealkylation sites (tertiary alicyclic amines) is 1. The second kappa shape index (κ2) is 12.2. The Balaban J connectivity index is 2.03. The molecule has 3 rings (SSSR count). The first-order valence-corrected chi connectivity index (χ1v) is 12.0. The van der Waals surface area contributed by atoms with Crippen molar-refractivity contribution in [2.45, 2.75) is 26.8 Å². The highest BCUT2D eigenvalue weighted by Crippen LogP contribution is 2.39. The summed E-state index contributed by atoms with van der Waals surface area (Å²) >= 11 is 0. The van der Waals surface area contributed by atoms with Crippen LogP contribution in [0.1, 0.15) is 37.9 Å². The number of carbonyl (C=O) groups excluding carboxylic acids is 2. The number of ketones is 1. The lowest BCUT2D eigenvalue weighted by atomic mass is 9.95. The summed E-state index contributed by atoms with van der Waals surface area (Å²) in [6, 6.07) is 13.4. The third kappa shape index (κ3) is 5.92. The summed E-state index contributed by atoms with van der Waals surface area (Å²) in [5.74, 6) is -0.185. The van der Waals surface area contributed by atoms with Crippen LogP contribution in [-0.2, 0) is 9.59 Å². The van der Waals surface area contributed by atoms with Gasteiger partial charge in [0, 0.05) is 18.7 Å². The summed E-state index contributed by atoms with van der Waals surface area (Å²) in [7, 11) is 0. The number of likely N-dealkylation sites (N-methyl/N-ethyl adjacent to an activating group) is 1. The number of hydrogen-bond donors (Lipinski definition) is 1. The van der Waals surface area contributed by atoms with Crippen LogP contribution in [0.15, 0.2) is 66.8 Å². The first-order valence-electron chi connectivity index (χ1n) is 12.0. The Morgan fingerprint density at radius 2 is 1.60 bits per heavy atom. The van der Waals surface area contributed by atoms with E-state index >= 15 is 0 Å². The van der Waals surface area contributed by atoms with Gasteiger partial charge in [-0.25, -0.2) is 0 Å². The molecular formula is C28H34N2O5. The molecule has 1 fully saturated rings. The van der Waals surface area contributed by atoms with Crippen LogP contribution in [0.2, 0.25) is 0 Å². The zero-order chi connectivity index (χ0) is 25.4. The second-order valence-electron chi connectivity index (χ2n) is 8.15. The van der Waals surface area contributed by atoms with Gasteiger partial charge in [0.05, 0.1) is 18.2 Å². The zero-order valence-electron chi connectivity index (χ0n) is 20.7. The third-order valence-electron chi connectivity index (χ3n) is 6.09. The lowest BCUT2D eigenvalue weighted by Crippen LogP contribution is -2.38. The van der Waals surface area contributed by atoms with Gasteiger partial charge in [0.1, 0.15) is 23.9 Å². The predicted octanol–water partition coefficient (Wildman–Crippen LogP) is 4.41. The first-order chi connectivity index (χ1) is 16.9. The van der Waals surface area contributed by atoms with Crippen LogP contribution in [0.4, 0.5) is 0 Å². The van der Waals surface area contributed by atoms with Crippen molar-refractivity contribution >= 4 is 17.4 Å². The van der Waals surface area contributed by atoms with E-state index in [9.17, 15) is 14.7 Å². The maximum atomic E-state index is 13.2. The van der Waals surface area contributed by atoms with E-state index in [1.54, 1.807) is 35.2 Å². The molecule has 2 aromatic carbocycles. The molecule has 0 aromatic heterocycles. The SMILES string of the molecule is C=CCOc1ccc(C(O)=C2C(=O)C(=O)N(CCN(CC)CC)C2c2ccc(OCC)cc2)cc1. The molecule has 2 aromatic rings. The molecule has 7 nitrogen and oxygen atoms in total. The highest BCUT2D eigenvalue weighted by atomic mass is 16.5. The Hall–Kier alpha value is -3.58. The van der Waals surface area contributed by atoms with Gasteiger partial charge in [0.25, 0.3) is 11.7 Å². The quantitative estimate of drug-likeness (QED) is 0.211. The molecule has 0 spiro atoms. The molecule has 0 saturated carbocycles. The lowest BCUT2D eigenvalue weighted by Gasteiger charge is -2.28. The van der Waals surface area contributed by atoms with Crippen molar-refractivity contribution in [3.63, 3.8) is 0 Å². The van der Waals surface area contributed by atoms with Crippen molar-refractivity contribution in [1.82, 2.24) is 9.80 Å². The molecule has 1 atom stereocenters. The van der Waals surface area contributed by atoms with Crippen molar-refractivity contribution in [1.29, 1.82) is 0 Å². The van der Waals surface area contributed by atoms with E-state index in [4.69, 9.17) is 9.47 Å². The monoisotopic (exact) mass is 478 g/mol. The molecule has 186 valence electrons. The van der Waals surface area contributed by atoms with Gasteiger partial charge >= 0.3 is 0 Å². The molecule has 7 heteroatoms. The molecule has 0 aliphatic carbocycles. The number of aliphatic hydroxyl groups excluding tert-OH is 1. The first kappa shape index (κ1) is 26.0. The maximum Gasteiger partial charge on any atom is 0.295 e. The predicted molar refractivity (Wildman–Crippen MR) is 137 cm³/mol. The molecule has 1 unspecified atom stereocenters. The number of ether oxygens (including phenoxy) is 2. The Bertz CT molecular complexity index is 1060. The van der Waals surface area contributed by atoms with Crippen LogP contribution < -0.4 is 9.47 Å². The molecular weight excluding hydrogens is 444 g/mol. The van der Waals surface area contributed by atoms with E-state index in [0.717, 1.165) is 18.7 Å². The van der Waals surface area contributed by atoms with E-state index in [0.29, 0.717) is 43.4 Å². The number of rotatable bonds is 12. The molecule has 0 bridgehead atoms. The molecule has 1 aliphatic heterocycles. The highest BCUT2D eigenvalue weighted by Gasteiger charge is 2.45. The van der Waals surface area contributed by atoms with Gasteiger partial charge in [-0.05, 0) is 62.0 Å². The van der Waals surface area contributed by atoms with Crippen molar-refractivity contribution in [3.8, 4) is 11.5 Å². The van der Waals surface area contributed by atoms with Gasteiger partial charge in [-0.15, -0.1) is 0 Å². The largest absolute Gasteiger partial charge is 0.507 e. The highest BCUT2D eigenvalue weighted by molar-refractivity contribution is 6.46. The zero-order valence-corrected chi connectivity index (χ0v) is 20.7. The number of amides is 1. The Kier molecular flexibility index (Phi) is 9.09. The van der Waals surface area contributed by atoms with E-state index in [1.807, 2.05) is 31.2 Å². The Morgan fingerprint density at radius 3 is 2.17 bits per heavy atom. The lowest BCUT2D eigenvalue weighted by molar-refractivity contribution is -0.140. The summed E-state index contributed by atoms with van der Waals surface area (Å²) in [4.78, 5) is 30.1. The summed E-state index contributed by atoms with van der Waals surface area (Å²) < 4.78 is 11.1. The fourth-order valence-corrected chi connectivity index (χ4v) is 4.18. The van der Waals surface area contributed by atoms with Gasteiger partial charge in [-0.3, -0.25) is 9.59 Å². The van der Waals surface area contributed by atoms with E-state index < -0.39 is 17.7 Å². The molecule has 1 aliphatic rings. The Morgan fingerprint density at radius 1 is 1.00 bits per heavy atom. The van der Waals surface area contributed by atoms with Crippen molar-refractivity contribution in [2.75, 3.05) is 39.4 Å². The maximum absolute atomic E-state index is 13.2. The number of nitrogens with zero attached hydrogens (tertiary/aromatic N) is 2. The fourth-order valence-electron chi connectivity index (χ4n) is 4.18.